The van der Waals surface area contributed by atoms with Gasteiger partial charge in [-0.25, -0.2) is 0 Å². The zero-order valence-corrected chi connectivity index (χ0v) is 14.6. The summed E-state index contributed by atoms with van der Waals surface area (Å²) in [6.45, 7) is 4.19. The van der Waals surface area contributed by atoms with Crippen LogP contribution in [0, 0.1) is 0 Å². The summed E-state index contributed by atoms with van der Waals surface area (Å²) in [6, 6.07) is 11.7. The van der Waals surface area contributed by atoms with Gasteiger partial charge in [0.2, 0.25) is 5.91 Å². The molecule has 0 unspecified atom stereocenters. The van der Waals surface area contributed by atoms with Crippen molar-refractivity contribution in [2.75, 3.05) is 12.3 Å². The van der Waals surface area contributed by atoms with Crippen LogP contribution in [0.3, 0.4) is 0 Å². The number of fused-ring (bicyclic) bond motifs is 3. The number of carbonyl (C=O) groups is 2. The van der Waals surface area contributed by atoms with Crippen LogP contribution in [0.25, 0.3) is 21.9 Å². The highest BCUT2D eigenvalue weighted by Gasteiger charge is 2.29. The molecule has 6 heteroatoms. The first kappa shape index (κ1) is 16.8. The molecule has 0 saturated carbocycles. The number of pyridine rings is 1. The van der Waals surface area contributed by atoms with Gasteiger partial charge in [0.05, 0.1) is 12.2 Å². The second-order valence-corrected chi connectivity index (χ2v) is 6.66. The van der Waals surface area contributed by atoms with Crippen LogP contribution in [0.1, 0.15) is 15.9 Å². The fraction of sp³-hybridized carbons (Fsp3) is 0.0952. The lowest BCUT2D eigenvalue weighted by Crippen LogP contribution is -2.30. The minimum absolute atomic E-state index is 0.120. The number of amides is 2. The van der Waals surface area contributed by atoms with Crippen LogP contribution in [0.2, 0.25) is 0 Å². The Kier molecular flexibility index (Phi) is 3.88. The van der Waals surface area contributed by atoms with Crippen molar-refractivity contribution in [1.29, 1.82) is 0 Å². The van der Waals surface area contributed by atoms with E-state index in [1.807, 2.05) is 36.4 Å². The van der Waals surface area contributed by atoms with Gasteiger partial charge in [-0.15, -0.1) is 0 Å². The first-order chi connectivity index (χ1) is 12.9. The van der Waals surface area contributed by atoms with E-state index in [0.29, 0.717) is 17.8 Å². The Balaban J connectivity index is 1.77. The average Bonchev–Trinajstić information content (AvgIpc) is 2.97. The molecule has 0 spiro atoms. The average molecular weight is 358 g/mol. The quantitative estimate of drug-likeness (QED) is 0.699. The molecule has 1 aliphatic rings. The van der Waals surface area contributed by atoms with Gasteiger partial charge in [0.15, 0.2) is 0 Å². The lowest BCUT2D eigenvalue weighted by atomic mass is 9.97. The smallest absolute Gasteiger partial charge is 0.254 e. The Labute approximate surface area is 156 Å². The lowest BCUT2D eigenvalue weighted by Gasteiger charge is -2.15. The Bertz CT molecular complexity index is 1120. The number of primary amides is 1. The normalized spacial score (nSPS) is 13.0. The first-order valence-corrected chi connectivity index (χ1v) is 8.47. The molecule has 1 aliphatic heterocycles. The van der Waals surface area contributed by atoms with E-state index in [9.17, 15) is 9.59 Å². The van der Waals surface area contributed by atoms with E-state index in [1.54, 1.807) is 17.3 Å². The largest absolute Gasteiger partial charge is 0.397 e. The number of rotatable bonds is 4. The molecular formula is C21H18N4O2. The Morgan fingerprint density at radius 1 is 1.15 bits per heavy atom. The summed E-state index contributed by atoms with van der Waals surface area (Å²) in [4.78, 5) is 29.7. The third kappa shape index (κ3) is 2.91. The van der Waals surface area contributed by atoms with Crippen LogP contribution >= 0.6 is 0 Å². The molecule has 0 atom stereocenters. The van der Waals surface area contributed by atoms with Crippen molar-refractivity contribution in [2.45, 2.75) is 6.54 Å². The van der Waals surface area contributed by atoms with Crippen LogP contribution < -0.4 is 11.5 Å². The van der Waals surface area contributed by atoms with E-state index in [0.717, 1.165) is 27.5 Å². The van der Waals surface area contributed by atoms with Crippen molar-refractivity contribution in [3.05, 3.63) is 72.1 Å². The molecule has 2 heterocycles. The van der Waals surface area contributed by atoms with E-state index in [2.05, 4.69) is 11.6 Å². The minimum atomic E-state index is -0.597. The second kappa shape index (κ2) is 6.25. The van der Waals surface area contributed by atoms with Gasteiger partial charge in [-0.3, -0.25) is 14.6 Å². The van der Waals surface area contributed by atoms with E-state index in [1.165, 1.54) is 0 Å². The topological polar surface area (TPSA) is 102 Å². The van der Waals surface area contributed by atoms with Crippen molar-refractivity contribution in [3.63, 3.8) is 0 Å². The maximum Gasteiger partial charge on any atom is 0.254 e. The molecule has 4 N–H and O–H groups in total. The lowest BCUT2D eigenvalue weighted by molar-refractivity contribution is -0.114. The zero-order valence-electron chi connectivity index (χ0n) is 14.6. The number of nitrogen functional groups attached to an aromatic ring is 1. The summed E-state index contributed by atoms with van der Waals surface area (Å²) in [5, 5.41) is 2.03. The van der Waals surface area contributed by atoms with E-state index in [-0.39, 0.29) is 18.0 Å². The number of hydrogen-bond donors (Lipinski definition) is 2. The molecule has 0 radical (unpaired) electrons. The fourth-order valence-corrected chi connectivity index (χ4v) is 3.42. The van der Waals surface area contributed by atoms with Gasteiger partial charge in [-0.2, -0.15) is 0 Å². The standard InChI is InChI=1S/C21H18N4O2/c1-12(20(23)26)10-25-11-19-17(21(25)27)5-4-13-2-3-14(7-18(13)19)15-6-16(22)9-24-8-15/h2-9H,1,10-11,22H2,(H2,23,26). The molecule has 0 saturated heterocycles. The van der Waals surface area contributed by atoms with Crippen molar-refractivity contribution in [2.24, 2.45) is 5.73 Å². The summed E-state index contributed by atoms with van der Waals surface area (Å²) in [5.74, 6) is -0.717. The van der Waals surface area contributed by atoms with Crippen LogP contribution in [0.5, 0.6) is 0 Å². The van der Waals surface area contributed by atoms with Gasteiger partial charge >= 0.3 is 0 Å². The predicted octanol–water partition coefficient (Wildman–Crippen LogP) is 2.48. The molecule has 0 bridgehead atoms. The van der Waals surface area contributed by atoms with E-state index < -0.39 is 5.91 Å². The maximum absolute atomic E-state index is 12.7. The third-order valence-electron chi connectivity index (χ3n) is 4.82. The van der Waals surface area contributed by atoms with Gasteiger partial charge in [-0.05, 0) is 40.1 Å². The number of anilines is 1. The van der Waals surface area contributed by atoms with Crippen molar-refractivity contribution < 1.29 is 9.59 Å². The Hall–Kier alpha value is -3.67. The molecule has 4 rings (SSSR count). The van der Waals surface area contributed by atoms with E-state index >= 15 is 0 Å². The summed E-state index contributed by atoms with van der Waals surface area (Å²) in [5.41, 5.74) is 15.4. The molecular weight excluding hydrogens is 340 g/mol. The molecule has 27 heavy (non-hydrogen) atoms. The van der Waals surface area contributed by atoms with Gasteiger partial charge in [0.1, 0.15) is 0 Å². The monoisotopic (exact) mass is 358 g/mol. The van der Waals surface area contributed by atoms with Crippen LogP contribution in [0.4, 0.5) is 5.69 Å². The second-order valence-electron chi connectivity index (χ2n) is 6.66. The van der Waals surface area contributed by atoms with Crippen molar-refractivity contribution in [1.82, 2.24) is 9.88 Å². The van der Waals surface area contributed by atoms with Gasteiger partial charge in [0.25, 0.3) is 5.91 Å². The highest BCUT2D eigenvalue weighted by molar-refractivity contribution is 6.05. The number of nitrogens with two attached hydrogens (primary N) is 2. The fourth-order valence-electron chi connectivity index (χ4n) is 3.42. The predicted molar refractivity (Wildman–Crippen MR) is 105 cm³/mol. The molecule has 6 nitrogen and oxygen atoms in total. The molecule has 2 aromatic carbocycles. The van der Waals surface area contributed by atoms with Crippen LogP contribution in [0.15, 0.2) is 60.9 Å². The number of carbonyl (C=O) groups excluding carboxylic acids is 2. The number of nitrogens with zero attached hydrogens (tertiary/aromatic N) is 2. The maximum atomic E-state index is 12.7. The molecule has 0 aliphatic carbocycles. The molecule has 3 aromatic rings. The Morgan fingerprint density at radius 3 is 2.67 bits per heavy atom. The first-order valence-electron chi connectivity index (χ1n) is 8.47. The number of aromatic nitrogens is 1. The Morgan fingerprint density at radius 2 is 1.93 bits per heavy atom. The summed E-state index contributed by atoms with van der Waals surface area (Å²) < 4.78 is 0. The SMILES string of the molecule is C=C(CN1Cc2c(ccc3ccc(-c4cncc(N)c4)cc23)C1=O)C(N)=O. The zero-order chi connectivity index (χ0) is 19.1. The molecule has 0 fully saturated rings. The summed E-state index contributed by atoms with van der Waals surface area (Å²) in [6.07, 6.45) is 3.36. The van der Waals surface area contributed by atoms with Crippen LogP contribution in [-0.2, 0) is 11.3 Å². The highest BCUT2D eigenvalue weighted by atomic mass is 16.2. The van der Waals surface area contributed by atoms with Crippen LogP contribution in [-0.4, -0.2) is 28.2 Å². The minimum Gasteiger partial charge on any atom is -0.397 e. The van der Waals surface area contributed by atoms with Crippen molar-refractivity contribution in [3.8, 4) is 11.1 Å². The van der Waals surface area contributed by atoms with Crippen molar-refractivity contribution >= 4 is 28.3 Å². The van der Waals surface area contributed by atoms with Gasteiger partial charge in [0, 0.05) is 35.6 Å². The highest BCUT2D eigenvalue weighted by Crippen LogP contribution is 2.33. The third-order valence-corrected chi connectivity index (χ3v) is 4.82. The van der Waals surface area contributed by atoms with Gasteiger partial charge in [-0.1, -0.05) is 24.8 Å². The molecule has 1 aromatic heterocycles. The van der Waals surface area contributed by atoms with Gasteiger partial charge < -0.3 is 16.4 Å². The number of hydrogen-bond acceptors (Lipinski definition) is 4. The summed E-state index contributed by atoms with van der Waals surface area (Å²) >= 11 is 0. The molecule has 134 valence electrons. The number of benzene rings is 2. The summed E-state index contributed by atoms with van der Waals surface area (Å²) in [7, 11) is 0. The van der Waals surface area contributed by atoms with E-state index in [4.69, 9.17) is 11.5 Å². The molecule has 2 amide bonds.